The van der Waals surface area contributed by atoms with Crippen molar-refractivity contribution in [3.05, 3.63) is 29.3 Å². The molecular weight excluding hydrogens is 288 g/mol. The third kappa shape index (κ3) is 4.18. The van der Waals surface area contributed by atoms with Crippen LogP contribution >= 0.6 is 0 Å². The summed E-state index contributed by atoms with van der Waals surface area (Å²) in [6.07, 6.45) is 7.14. The molecule has 126 valence electrons. The highest BCUT2D eigenvalue weighted by atomic mass is 16.5. The van der Waals surface area contributed by atoms with Crippen molar-refractivity contribution in [3.63, 3.8) is 0 Å². The van der Waals surface area contributed by atoms with Gasteiger partial charge in [0.05, 0.1) is 6.54 Å². The molecular formula is C19H28N2O2. The van der Waals surface area contributed by atoms with Crippen LogP contribution in [-0.2, 0) is 12.8 Å². The van der Waals surface area contributed by atoms with Crippen LogP contribution in [0.4, 0.5) is 4.79 Å². The summed E-state index contributed by atoms with van der Waals surface area (Å²) in [7, 11) is 0. The Morgan fingerprint density at radius 1 is 1.30 bits per heavy atom. The van der Waals surface area contributed by atoms with Crippen LogP contribution in [-0.4, -0.2) is 37.2 Å². The van der Waals surface area contributed by atoms with E-state index in [9.17, 15) is 4.79 Å². The third-order valence-corrected chi connectivity index (χ3v) is 4.93. The predicted molar refractivity (Wildman–Crippen MR) is 91.9 cm³/mol. The van der Waals surface area contributed by atoms with E-state index in [2.05, 4.69) is 30.4 Å². The number of aryl methyl sites for hydroxylation is 1. The molecule has 1 N–H and O–H groups in total. The Hall–Kier alpha value is -1.71. The fourth-order valence-corrected chi connectivity index (χ4v) is 3.69. The zero-order chi connectivity index (χ0) is 16.1. The molecule has 0 spiro atoms. The van der Waals surface area contributed by atoms with Gasteiger partial charge < -0.3 is 15.0 Å². The summed E-state index contributed by atoms with van der Waals surface area (Å²) in [6, 6.07) is 6.39. The number of amides is 2. The van der Waals surface area contributed by atoms with E-state index in [1.807, 2.05) is 4.90 Å². The molecule has 1 unspecified atom stereocenters. The Kier molecular flexibility index (Phi) is 5.42. The second kappa shape index (κ2) is 7.71. The maximum atomic E-state index is 12.1. The van der Waals surface area contributed by atoms with Gasteiger partial charge in [-0.3, -0.25) is 0 Å². The summed E-state index contributed by atoms with van der Waals surface area (Å²) < 4.78 is 5.93. The van der Waals surface area contributed by atoms with Crippen LogP contribution in [0.5, 0.6) is 5.75 Å². The second-order valence-electron chi connectivity index (χ2n) is 6.87. The number of hydrogen-bond acceptors (Lipinski definition) is 2. The molecule has 3 rings (SSSR count). The lowest BCUT2D eigenvalue weighted by Gasteiger charge is -2.30. The third-order valence-electron chi connectivity index (χ3n) is 4.93. The highest BCUT2D eigenvalue weighted by Gasteiger charge is 2.20. The summed E-state index contributed by atoms with van der Waals surface area (Å²) in [6.45, 7) is 5.06. The molecule has 0 radical (unpaired) electrons. The summed E-state index contributed by atoms with van der Waals surface area (Å²) >= 11 is 0. The molecule has 0 aromatic heterocycles. The van der Waals surface area contributed by atoms with Crippen molar-refractivity contribution in [1.82, 2.24) is 10.2 Å². The highest BCUT2D eigenvalue weighted by Crippen LogP contribution is 2.29. The molecule has 1 fully saturated rings. The van der Waals surface area contributed by atoms with Crippen LogP contribution in [0.3, 0.4) is 0 Å². The number of urea groups is 1. The van der Waals surface area contributed by atoms with Crippen molar-refractivity contribution in [2.75, 3.05) is 26.2 Å². The van der Waals surface area contributed by atoms with E-state index in [-0.39, 0.29) is 6.03 Å². The molecule has 4 heteroatoms. The van der Waals surface area contributed by atoms with Crippen molar-refractivity contribution in [1.29, 1.82) is 0 Å². The lowest BCUT2D eigenvalue weighted by atomic mass is 9.91. The fraction of sp³-hybridized carbons (Fsp3) is 0.632. The lowest BCUT2D eigenvalue weighted by molar-refractivity contribution is 0.167. The molecule has 4 nitrogen and oxygen atoms in total. The first-order chi connectivity index (χ1) is 11.2. The van der Waals surface area contributed by atoms with Gasteiger partial charge in [-0.05, 0) is 61.6 Å². The van der Waals surface area contributed by atoms with Crippen molar-refractivity contribution in [2.45, 2.75) is 45.4 Å². The quantitative estimate of drug-likeness (QED) is 0.865. The van der Waals surface area contributed by atoms with Gasteiger partial charge >= 0.3 is 6.03 Å². The number of piperidine rings is 1. The van der Waals surface area contributed by atoms with E-state index >= 15 is 0 Å². The van der Waals surface area contributed by atoms with Crippen LogP contribution in [0, 0.1) is 5.92 Å². The number of carbonyl (C=O) groups is 1. The maximum absolute atomic E-state index is 12.1. The zero-order valence-corrected chi connectivity index (χ0v) is 14.1. The van der Waals surface area contributed by atoms with Crippen LogP contribution in [0.25, 0.3) is 0 Å². The van der Waals surface area contributed by atoms with E-state index in [0.29, 0.717) is 19.1 Å². The molecule has 23 heavy (non-hydrogen) atoms. The molecule has 2 amide bonds. The minimum Gasteiger partial charge on any atom is -0.491 e. The van der Waals surface area contributed by atoms with Gasteiger partial charge in [0.2, 0.25) is 0 Å². The zero-order valence-electron chi connectivity index (χ0n) is 14.1. The van der Waals surface area contributed by atoms with Gasteiger partial charge in [0, 0.05) is 13.1 Å². The number of benzene rings is 1. The van der Waals surface area contributed by atoms with E-state index in [1.165, 1.54) is 30.4 Å². The van der Waals surface area contributed by atoms with Gasteiger partial charge in [-0.1, -0.05) is 19.1 Å². The molecule has 1 aromatic rings. The molecule has 1 aromatic carbocycles. The largest absolute Gasteiger partial charge is 0.491 e. The van der Waals surface area contributed by atoms with Crippen LogP contribution in [0.2, 0.25) is 0 Å². The number of nitrogens with one attached hydrogen (secondary N) is 1. The van der Waals surface area contributed by atoms with E-state index < -0.39 is 0 Å². The second-order valence-corrected chi connectivity index (χ2v) is 6.87. The number of rotatable bonds is 4. The van der Waals surface area contributed by atoms with Crippen molar-refractivity contribution in [2.24, 2.45) is 5.92 Å². The molecule has 1 aliphatic heterocycles. The number of fused-ring (bicyclic) bond motifs is 1. The van der Waals surface area contributed by atoms with Gasteiger partial charge in [0.25, 0.3) is 0 Å². The average Bonchev–Trinajstić information content (AvgIpc) is 2.58. The Morgan fingerprint density at radius 3 is 3.04 bits per heavy atom. The Morgan fingerprint density at radius 2 is 2.17 bits per heavy atom. The Balaban J connectivity index is 1.44. The monoisotopic (exact) mass is 316 g/mol. The van der Waals surface area contributed by atoms with Gasteiger partial charge in [-0.25, -0.2) is 4.79 Å². The number of carbonyl (C=O) groups excluding carboxylic acids is 1. The van der Waals surface area contributed by atoms with Crippen molar-refractivity contribution >= 4 is 6.03 Å². The van der Waals surface area contributed by atoms with E-state index in [0.717, 1.165) is 38.1 Å². The summed E-state index contributed by atoms with van der Waals surface area (Å²) in [4.78, 5) is 14.1. The molecule has 2 aliphatic rings. The number of nitrogens with zero attached hydrogens (tertiary/aromatic N) is 1. The highest BCUT2D eigenvalue weighted by molar-refractivity contribution is 5.74. The number of likely N-dealkylation sites (tertiary alicyclic amines) is 1. The topological polar surface area (TPSA) is 41.6 Å². The normalized spacial score (nSPS) is 20.7. The van der Waals surface area contributed by atoms with Gasteiger partial charge in [0.15, 0.2) is 0 Å². The smallest absolute Gasteiger partial charge is 0.317 e. The van der Waals surface area contributed by atoms with Crippen molar-refractivity contribution < 1.29 is 9.53 Å². The standard InChI is InChI=1S/C19H28N2O2/c1-15-6-5-12-21(14-15)19(22)20-11-13-23-18-10-4-8-16-7-2-3-9-17(16)18/h4,8,10,15H,2-3,5-7,9,11-14H2,1H3,(H,20,22). The average molecular weight is 316 g/mol. The molecule has 0 bridgehead atoms. The van der Waals surface area contributed by atoms with Gasteiger partial charge in [-0.15, -0.1) is 0 Å². The SMILES string of the molecule is CC1CCCN(C(=O)NCCOc2cccc3c2CCCC3)C1. The lowest BCUT2D eigenvalue weighted by Crippen LogP contribution is -2.45. The molecule has 1 saturated heterocycles. The van der Waals surface area contributed by atoms with E-state index in [1.54, 1.807) is 0 Å². The molecule has 1 aliphatic carbocycles. The Labute approximate surface area is 139 Å². The molecule has 1 atom stereocenters. The summed E-state index contributed by atoms with van der Waals surface area (Å²) in [5, 5.41) is 2.99. The maximum Gasteiger partial charge on any atom is 0.317 e. The first-order valence-electron chi connectivity index (χ1n) is 9.00. The van der Waals surface area contributed by atoms with Crippen LogP contribution < -0.4 is 10.1 Å². The Bertz CT molecular complexity index is 544. The van der Waals surface area contributed by atoms with E-state index in [4.69, 9.17) is 4.74 Å². The molecule has 1 heterocycles. The fourth-order valence-electron chi connectivity index (χ4n) is 3.69. The van der Waals surface area contributed by atoms with Crippen LogP contribution in [0.1, 0.15) is 43.7 Å². The summed E-state index contributed by atoms with van der Waals surface area (Å²) in [5.41, 5.74) is 2.80. The van der Waals surface area contributed by atoms with Gasteiger partial charge in [0.1, 0.15) is 12.4 Å². The minimum atomic E-state index is 0.0511. The van der Waals surface area contributed by atoms with Crippen LogP contribution in [0.15, 0.2) is 18.2 Å². The first-order valence-corrected chi connectivity index (χ1v) is 9.00. The summed E-state index contributed by atoms with van der Waals surface area (Å²) in [5.74, 6) is 1.62. The minimum absolute atomic E-state index is 0.0511. The predicted octanol–water partition coefficient (Wildman–Crippen LogP) is 3.39. The first kappa shape index (κ1) is 16.2. The molecule has 0 saturated carbocycles. The van der Waals surface area contributed by atoms with Gasteiger partial charge in [-0.2, -0.15) is 0 Å². The number of ether oxygens (including phenoxy) is 1. The van der Waals surface area contributed by atoms with Crippen molar-refractivity contribution in [3.8, 4) is 5.75 Å². The number of hydrogen-bond donors (Lipinski definition) is 1.